The molecule has 13 heavy (non-hydrogen) atoms. The van der Waals surface area contributed by atoms with Crippen LogP contribution in [-0.4, -0.2) is 20.2 Å². The first-order valence-electron chi connectivity index (χ1n) is 3.60. The maximum Gasteiger partial charge on any atom is 0.248 e. The molecule has 2 rings (SSSR count). The van der Waals surface area contributed by atoms with Crippen LogP contribution in [0.3, 0.4) is 0 Å². The SMILES string of the molecule is O=c1cccc(-c2nc(=S)[nH][nH]2)[nH]1. The fourth-order valence-electron chi connectivity index (χ4n) is 0.984. The molecular formula is C7H6N4OS. The highest BCUT2D eigenvalue weighted by Gasteiger charge is 1.99. The Morgan fingerprint density at radius 2 is 2.15 bits per heavy atom. The van der Waals surface area contributed by atoms with Crippen LogP contribution in [0.4, 0.5) is 0 Å². The Bertz CT molecular complexity index is 523. The van der Waals surface area contributed by atoms with Gasteiger partial charge < -0.3 is 4.98 Å². The molecule has 0 amide bonds. The number of hydrogen-bond acceptors (Lipinski definition) is 3. The number of hydrogen-bond donors (Lipinski definition) is 3. The van der Waals surface area contributed by atoms with Gasteiger partial charge in [-0.1, -0.05) is 6.07 Å². The van der Waals surface area contributed by atoms with Crippen LogP contribution in [0, 0.1) is 4.77 Å². The average molecular weight is 194 g/mol. The van der Waals surface area contributed by atoms with Crippen LogP contribution < -0.4 is 5.56 Å². The van der Waals surface area contributed by atoms with E-state index in [-0.39, 0.29) is 5.56 Å². The zero-order valence-electron chi connectivity index (χ0n) is 6.50. The van der Waals surface area contributed by atoms with Crippen molar-refractivity contribution in [2.45, 2.75) is 0 Å². The highest BCUT2D eigenvalue weighted by Crippen LogP contribution is 2.06. The second kappa shape index (κ2) is 2.98. The van der Waals surface area contributed by atoms with Crippen LogP contribution >= 0.6 is 12.2 Å². The van der Waals surface area contributed by atoms with Gasteiger partial charge in [-0.3, -0.25) is 15.0 Å². The van der Waals surface area contributed by atoms with Crippen molar-refractivity contribution in [1.29, 1.82) is 0 Å². The summed E-state index contributed by atoms with van der Waals surface area (Å²) in [5.74, 6) is 0.530. The summed E-state index contributed by atoms with van der Waals surface area (Å²) in [6.07, 6.45) is 0. The molecule has 0 aliphatic carbocycles. The molecule has 2 aromatic rings. The molecule has 0 atom stereocenters. The molecular weight excluding hydrogens is 188 g/mol. The van der Waals surface area contributed by atoms with E-state index in [9.17, 15) is 4.79 Å². The van der Waals surface area contributed by atoms with Crippen LogP contribution in [0.1, 0.15) is 0 Å². The Morgan fingerprint density at radius 3 is 2.77 bits per heavy atom. The molecule has 0 saturated heterocycles. The Labute approximate surface area is 77.8 Å². The smallest absolute Gasteiger partial charge is 0.248 e. The van der Waals surface area contributed by atoms with Crippen LogP contribution in [0.25, 0.3) is 11.5 Å². The first-order chi connectivity index (χ1) is 6.25. The quantitative estimate of drug-likeness (QED) is 0.588. The maximum absolute atomic E-state index is 10.9. The molecule has 0 saturated carbocycles. The van der Waals surface area contributed by atoms with Gasteiger partial charge in [0, 0.05) is 6.07 Å². The van der Waals surface area contributed by atoms with Gasteiger partial charge in [-0.15, -0.1) is 0 Å². The number of H-pyrrole nitrogens is 3. The Balaban J connectivity index is 2.58. The first kappa shape index (κ1) is 7.93. The predicted octanol–water partition coefficient (Wildman–Crippen LogP) is 0.823. The van der Waals surface area contributed by atoms with Crippen molar-refractivity contribution in [3.05, 3.63) is 33.3 Å². The summed E-state index contributed by atoms with van der Waals surface area (Å²) in [6.45, 7) is 0. The average Bonchev–Trinajstić information content (AvgIpc) is 2.52. The monoisotopic (exact) mass is 194 g/mol. The van der Waals surface area contributed by atoms with E-state index in [0.29, 0.717) is 16.3 Å². The predicted molar refractivity (Wildman–Crippen MR) is 49.8 cm³/mol. The second-order valence-electron chi connectivity index (χ2n) is 2.44. The molecule has 0 bridgehead atoms. The van der Waals surface area contributed by atoms with Crippen molar-refractivity contribution in [3.8, 4) is 11.5 Å². The molecule has 0 aliphatic rings. The second-order valence-corrected chi connectivity index (χ2v) is 2.83. The number of aromatic amines is 3. The number of nitrogens with one attached hydrogen (secondary N) is 3. The zero-order chi connectivity index (χ0) is 9.26. The molecule has 0 radical (unpaired) electrons. The van der Waals surface area contributed by atoms with Crippen LogP contribution in [-0.2, 0) is 0 Å². The molecule has 6 heteroatoms. The molecule has 0 fully saturated rings. The van der Waals surface area contributed by atoms with Gasteiger partial charge in [0.2, 0.25) is 10.3 Å². The van der Waals surface area contributed by atoms with Gasteiger partial charge in [-0.05, 0) is 18.3 Å². The van der Waals surface area contributed by atoms with E-state index in [1.165, 1.54) is 6.07 Å². The van der Waals surface area contributed by atoms with E-state index < -0.39 is 0 Å². The van der Waals surface area contributed by atoms with E-state index in [1.807, 2.05) is 0 Å². The Hall–Kier alpha value is -1.69. The van der Waals surface area contributed by atoms with Gasteiger partial charge in [-0.2, -0.15) is 4.98 Å². The van der Waals surface area contributed by atoms with Crippen molar-refractivity contribution >= 4 is 12.2 Å². The lowest BCUT2D eigenvalue weighted by molar-refractivity contribution is 1.07. The van der Waals surface area contributed by atoms with Crippen molar-refractivity contribution in [2.75, 3.05) is 0 Å². The highest BCUT2D eigenvalue weighted by molar-refractivity contribution is 7.71. The Kier molecular flexibility index (Phi) is 1.82. The van der Waals surface area contributed by atoms with Crippen molar-refractivity contribution < 1.29 is 0 Å². The van der Waals surface area contributed by atoms with Crippen molar-refractivity contribution in [2.24, 2.45) is 0 Å². The topological polar surface area (TPSA) is 77.3 Å². The maximum atomic E-state index is 10.9. The van der Waals surface area contributed by atoms with E-state index >= 15 is 0 Å². The molecule has 0 spiro atoms. The fraction of sp³-hybridized carbons (Fsp3) is 0. The first-order valence-corrected chi connectivity index (χ1v) is 4.01. The number of pyridine rings is 1. The van der Waals surface area contributed by atoms with Gasteiger partial charge in [-0.25, -0.2) is 0 Å². The molecule has 5 nitrogen and oxygen atoms in total. The zero-order valence-corrected chi connectivity index (χ0v) is 7.31. The number of rotatable bonds is 1. The lowest BCUT2D eigenvalue weighted by Gasteiger charge is -1.92. The van der Waals surface area contributed by atoms with Gasteiger partial charge in [0.1, 0.15) is 0 Å². The van der Waals surface area contributed by atoms with Crippen LogP contribution in [0.5, 0.6) is 0 Å². The third kappa shape index (κ3) is 1.57. The summed E-state index contributed by atoms with van der Waals surface area (Å²) < 4.78 is 0.361. The lowest BCUT2D eigenvalue weighted by atomic mass is 10.3. The normalized spacial score (nSPS) is 10.2. The largest absolute Gasteiger partial charge is 0.319 e. The minimum absolute atomic E-state index is 0.167. The number of aromatic nitrogens is 4. The molecule has 0 aliphatic heterocycles. The van der Waals surface area contributed by atoms with Crippen molar-refractivity contribution in [3.63, 3.8) is 0 Å². The summed E-state index contributed by atoms with van der Waals surface area (Å²) in [6, 6.07) is 4.83. The summed E-state index contributed by atoms with van der Waals surface area (Å²) in [5.41, 5.74) is 0.444. The summed E-state index contributed by atoms with van der Waals surface area (Å²) in [7, 11) is 0. The molecule has 0 aromatic carbocycles. The van der Waals surface area contributed by atoms with E-state index in [2.05, 4.69) is 20.2 Å². The minimum Gasteiger partial charge on any atom is -0.319 e. The standard InChI is InChI=1S/C7H6N4OS/c12-5-3-1-2-4(8-5)6-9-7(13)11-10-6/h1-3H,(H,8,12)(H2,9,10,11,13). The van der Waals surface area contributed by atoms with Gasteiger partial charge in [0.25, 0.3) is 0 Å². The molecule has 3 N–H and O–H groups in total. The van der Waals surface area contributed by atoms with Gasteiger partial charge in [0.15, 0.2) is 5.82 Å². The third-order valence-electron chi connectivity index (χ3n) is 1.52. The van der Waals surface area contributed by atoms with Crippen molar-refractivity contribution in [1.82, 2.24) is 20.2 Å². The van der Waals surface area contributed by atoms with E-state index in [4.69, 9.17) is 12.2 Å². The Morgan fingerprint density at radius 1 is 1.31 bits per heavy atom. The fourth-order valence-corrected chi connectivity index (χ4v) is 1.13. The number of nitrogens with zero attached hydrogens (tertiary/aromatic N) is 1. The van der Waals surface area contributed by atoms with E-state index in [0.717, 1.165) is 0 Å². The summed E-state index contributed by atoms with van der Waals surface area (Å²) in [4.78, 5) is 17.5. The summed E-state index contributed by atoms with van der Waals surface area (Å²) >= 11 is 4.78. The lowest BCUT2D eigenvalue weighted by Crippen LogP contribution is -2.03. The molecule has 0 unspecified atom stereocenters. The molecule has 66 valence electrons. The van der Waals surface area contributed by atoms with Crippen LogP contribution in [0.2, 0.25) is 0 Å². The van der Waals surface area contributed by atoms with Gasteiger partial charge >= 0.3 is 0 Å². The summed E-state index contributed by atoms with van der Waals surface area (Å²) in [5, 5.41) is 5.38. The highest BCUT2D eigenvalue weighted by atomic mass is 32.1. The third-order valence-corrected chi connectivity index (χ3v) is 1.72. The van der Waals surface area contributed by atoms with E-state index in [1.54, 1.807) is 12.1 Å². The van der Waals surface area contributed by atoms with Gasteiger partial charge in [0.05, 0.1) is 5.69 Å². The molecule has 2 heterocycles. The van der Waals surface area contributed by atoms with Crippen LogP contribution in [0.15, 0.2) is 23.0 Å². The minimum atomic E-state index is -0.167. The molecule has 2 aromatic heterocycles.